The summed E-state index contributed by atoms with van der Waals surface area (Å²) in [4.78, 5) is 17.0. The van der Waals surface area contributed by atoms with E-state index in [9.17, 15) is 18.0 Å². The second kappa shape index (κ2) is 8.68. The Balaban J connectivity index is 2.07. The van der Waals surface area contributed by atoms with Crippen molar-refractivity contribution in [3.05, 3.63) is 59.2 Å². The zero-order valence-electron chi connectivity index (χ0n) is 17.7. The Morgan fingerprint density at radius 2 is 1.80 bits per heavy atom. The average molecular weight is 420 g/mol. The van der Waals surface area contributed by atoms with Crippen molar-refractivity contribution in [3.8, 4) is 5.75 Å². The average Bonchev–Trinajstić information content (AvgIpc) is 2.80. The van der Waals surface area contributed by atoms with Crippen LogP contribution in [-0.2, 0) is 17.4 Å². The zero-order valence-corrected chi connectivity index (χ0v) is 17.7. The van der Waals surface area contributed by atoms with E-state index in [1.807, 2.05) is 50.2 Å². The molecule has 0 aliphatic carbocycles. The number of fused-ring (bicyclic) bond motifs is 1. The summed E-state index contributed by atoms with van der Waals surface area (Å²) >= 11 is 0. The molecule has 2 aromatic rings. The molecule has 1 aliphatic heterocycles. The number of ether oxygens (including phenoxy) is 1. The monoisotopic (exact) mass is 420 g/mol. The van der Waals surface area contributed by atoms with Crippen LogP contribution in [0.2, 0.25) is 0 Å². The summed E-state index contributed by atoms with van der Waals surface area (Å²) in [6, 6.07) is 11.1. The predicted molar refractivity (Wildman–Crippen MR) is 111 cm³/mol. The van der Waals surface area contributed by atoms with E-state index < -0.39 is 11.7 Å². The van der Waals surface area contributed by atoms with E-state index >= 15 is 0 Å². The van der Waals surface area contributed by atoms with Gasteiger partial charge in [-0.3, -0.25) is 4.79 Å². The Labute approximate surface area is 175 Å². The molecule has 162 valence electrons. The molecule has 0 saturated carbocycles. The number of carbonyl (C=O) groups is 1. The molecule has 4 nitrogen and oxygen atoms in total. The highest BCUT2D eigenvalue weighted by atomic mass is 19.4. The lowest BCUT2D eigenvalue weighted by atomic mass is 9.82. The first-order valence-corrected chi connectivity index (χ1v) is 9.92. The number of methoxy groups -OCH3 is 1. The largest absolute Gasteiger partial charge is 0.497 e. The molecule has 1 amide bonds. The molecule has 30 heavy (non-hydrogen) atoms. The van der Waals surface area contributed by atoms with Crippen LogP contribution in [0.3, 0.4) is 0 Å². The standard InChI is InChI=1S/C23H27F3N2O2/c1-15-20(16-5-8-19(30-4)9-6-16)14-17-13-18(23(24,25)26)7-10-21(17)28(22(15)29)12-11-27(2)3/h5-10,13,15,20H,11-12,14H2,1-4H3/t15-,20-/m0/s1. The minimum atomic E-state index is -4.43. The van der Waals surface area contributed by atoms with Crippen LogP contribution in [0.5, 0.6) is 5.75 Å². The third-order valence-corrected chi connectivity index (χ3v) is 5.71. The van der Waals surface area contributed by atoms with Crippen molar-refractivity contribution in [2.24, 2.45) is 5.92 Å². The van der Waals surface area contributed by atoms with Gasteiger partial charge in [-0.2, -0.15) is 13.2 Å². The summed E-state index contributed by atoms with van der Waals surface area (Å²) in [7, 11) is 5.38. The van der Waals surface area contributed by atoms with E-state index in [4.69, 9.17) is 4.74 Å². The Kier molecular flexibility index (Phi) is 6.41. The van der Waals surface area contributed by atoms with Gasteiger partial charge in [0.1, 0.15) is 5.75 Å². The van der Waals surface area contributed by atoms with Gasteiger partial charge in [0, 0.05) is 24.7 Å². The van der Waals surface area contributed by atoms with Crippen molar-refractivity contribution in [1.82, 2.24) is 4.90 Å². The Hall–Kier alpha value is -2.54. The number of benzene rings is 2. The normalized spacial score (nSPS) is 19.6. The molecule has 1 aliphatic rings. The number of likely N-dealkylation sites (N-methyl/N-ethyl adjacent to an activating group) is 1. The number of nitrogens with zero attached hydrogens (tertiary/aromatic N) is 2. The maximum Gasteiger partial charge on any atom is 0.416 e. The van der Waals surface area contributed by atoms with Crippen molar-refractivity contribution in [2.45, 2.75) is 25.4 Å². The van der Waals surface area contributed by atoms with Crippen LogP contribution in [0.4, 0.5) is 18.9 Å². The molecule has 0 spiro atoms. The van der Waals surface area contributed by atoms with Crippen LogP contribution in [0, 0.1) is 5.92 Å². The lowest BCUT2D eigenvalue weighted by Crippen LogP contribution is -2.40. The van der Waals surface area contributed by atoms with Gasteiger partial charge in [0.05, 0.1) is 12.7 Å². The van der Waals surface area contributed by atoms with E-state index in [2.05, 4.69) is 0 Å². The fraction of sp³-hybridized carbons (Fsp3) is 0.435. The summed E-state index contributed by atoms with van der Waals surface area (Å²) in [6.45, 7) is 2.90. The van der Waals surface area contributed by atoms with Gasteiger partial charge in [0.15, 0.2) is 0 Å². The topological polar surface area (TPSA) is 32.8 Å². The van der Waals surface area contributed by atoms with Crippen LogP contribution >= 0.6 is 0 Å². The Bertz CT molecular complexity index is 894. The van der Waals surface area contributed by atoms with Gasteiger partial charge in [-0.05, 0) is 67.9 Å². The highest BCUT2D eigenvalue weighted by molar-refractivity contribution is 5.97. The van der Waals surface area contributed by atoms with E-state index in [1.165, 1.54) is 12.1 Å². The fourth-order valence-corrected chi connectivity index (χ4v) is 3.93. The van der Waals surface area contributed by atoms with E-state index in [1.54, 1.807) is 12.0 Å². The number of carbonyl (C=O) groups excluding carboxylic acids is 1. The SMILES string of the molecule is COc1ccc([C@H]2Cc3cc(C(F)(F)F)ccc3N(CCN(C)C)C(=O)[C@H]2C)cc1. The smallest absolute Gasteiger partial charge is 0.416 e. The summed E-state index contributed by atoms with van der Waals surface area (Å²) in [5, 5.41) is 0. The Morgan fingerprint density at radius 3 is 2.37 bits per heavy atom. The highest BCUT2D eigenvalue weighted by Gasteiger charge is 2.37. The number of halogens is 3. The number of rotatable bonds is 5. The maximum atomic E-state index is 13.4. The van der Waals surface area contributed by atoms with Gasteiger partial charge in [-0.1, -0.05) is 19.1 Å². The first kappa shape index (κ1) is 22.2. The minimum Gasteiger partial charge on any atom is -0.497 e. The zero-order chi connectivity index (χ0) is 22.1. The fourth-order valence-electron chi connectivity index (χ4n) is 3.93. The van der Waals surface area contributed by atoms with Crippen LogP contribution in [0.1, 0.15) is 29.5 Å². The van der Waals surface area contributed by atoms with E-state index in [-0.39, 0.29) is 17.7 Å². The van der Waals surface area contributed by atoms with Crippen molar-refractivity contribution in [2.75, 3.05) is 39.2 Å². The van der Waals surface area contributed by atoms with Gasteiger partial charge in [-0.25, -0.2) is 0 Å². The predicted octanol–water partition coefficient (Wildman–Crippen LogP) is 4.58. The van der Waals surface area contributed by atoms with Crippen LogP contribution < -0.4 is 9.64 Å². The minimum absolute atomic E-state index is 0.0730. The second-order valence-electron chi connectivity index (χ2n) is 8.01. The van der Waals surface area contributed by atoms with Crippen LogP contribution in [-0.4, -0.2) is 45.1 Å². The van der Waals surface area contributed by atoms with Gasteiger partial charge < -0.3 is 14.5 Å². The molecule has 0 fully saturated rings. The quantitative estimate of drug-likeness (QED) is 0.710. The molecule has 7 heteroatoms. The van der Waals surface area contributed by atoms with Crippen molar-refractivity contribution < 1.29 is 22.7 Å². The highest BCUT2D eigenvalue weighted by Crippen LogP contribution is 2.40. The Morgan fingerprint density at radius 1 is 1.13 bits per heavy atom. The van der Waals surface area contributed by atoms with Crippen LogP contribution in [0.15, 0.2) is 42.5 Å². The lowest BCUT2D eigenvalue weighted by molar-refractivity contribution is -0.137. The van der Waals surface area contributed by atoms with Crippen molar-refractivity contribution >= 4 is 11.6 Å². The molecular weight excluding hydrogens is 393 g/mol. The van der Waals surface area contributed by atoms with Crippen molar-refractivity contribution in [1.29, 1.82) is 0 Å². The molecule has 1 heterocycles. The van der Waals surface area contributed by atoms with Gasteiger partial charge in [0.25, 0.3) is 0 Å². The number of amides is 1. The third-order valence-electron chi connectivity index (χ3n) is 5.71. The molecule has 2 atom stereocenters. The first-order chi connectivity index (χ1) is 14.1. The number of alkyl halides is 3. The number of hydrogen-bond donors (Lipinski definition) is 0. The maximum absolute atomic E-state index is 13.4. The van der Waals surface area contributed by atoms with Gasteiger partial charge in [0.2, 0.25) is 5.91 Å². The molecule has 0 N–H and O–H groups in total. The lowest BCUT2D eigenvalue weighted by Gasteiger charge is -2.27. The number of anilines is 1. The first-order valence-electron chi connectivity index (χ1n) is 9.92. The van der Waals surface area contributed by atoms with Crippen LogP contribution in [0.25, 0.3) is 0 Å². The van der Waals surface area contributed by atoms with E-state index in [0.29, 0.717) is 36.5 Å². The summed E-state index contributed by atoms with van der Waals surface area (Å²) in [6.07, 6.45) is -4.07. The third kappa shape index (κ3) is 4.61. The molecule has 2 aromatic carbocycles. The molecule has 0 unspecified atom stereocenters. The molecule has 0 aromatic heterocycles. The van der Waals surface area contributed by atoms with Gasteiger partial charge >= 0.3 is 6.18 Å². The molecule has 0 saturated heterocycles. The summed E-state index contributed by atoms with van der Waals surface area (Å²) in [5.74, 6) is 0.0205. The molecule has 3 rings (SSSR count). The molecule has 0 radical (unpaired) electrons. The molecular formula is C23H27F3N2O2. The van der Waals surface area contributed by atoms with Crippen molar-refractivity contribution in [3.63, 3.8) is 0 Å². The summed E-state index contributed by atoms with van der Waals surface area (Å²) < 4.78 is 45.3. The second-order valence-corrected chi connectivity index (χ2v) is 8.01. The van der Waals surface area contributed by atoms with Gasteiger partial charge in [-0.15, -0.1) is 0 Å². The van der Waals surface area contributed by atoms with E-state index in [0.717, 1.165) is 11.6 Å². The number of hydrogen-bond acceptors (Lipinski definition) is 3. The molecule has 0 bridgehead atoms. The summed E-state index contributed by atoms with van der Waals surface area (Å²) in [5.41, 5.74) is 1.33.